The smallest absolute Gasteiger partial charge is 0.305 e. The molecule has 1 aliphatic carbocycles. The number of carbonyl (C=O) groups is 1. The lowest BCUT2D eigenvalue weighted by molar-refractivity contribution is -0.140. The van der Waals surface area contributed by atoms with Crippen LogP contribution in [0.4, 0.5) is 0 Å². The van der Waals surface area contributed by atoms with E-state index in [2.05, 4.69) is 53.7 Å². The highest BCUT2D eigenvalue weighted by Crippen LogP contribution is 2.42. The number of allylic oxidation sites excluding steroid dienone is 4. The van der Waals surface area contributed by atoms with Gasteiger partial charge in [0, 0.05) is 6.42 Å². The largest absolute Gasteiger partial charge is 0.469 e. The second kappa shape index (κ2) is 6.15. The van der Waals surface area contributed by atoms with Gasteiger partial charge < -0.3 is 4.74 Å². The van der Waals surface area contributed by atoms with E-state index in [9.17, 15) is 4.79 Å². The maximum Gasteiger partial charge on any atom is 0.305 e. The van der Waals surface area contributed by atoms with Gasteiger partial charge in [-0.25, -0.2) is 0 Å². The van der Waals surface area contributed by atoms with Gasteiger partial charge in [0.1, 0.15) is 0 Å². The molecule has 0 saturated carbocycles. The van der Waals surface area contributed by atoms with Crippen LogP contribution in [0, 0.1) is 16.7 Å². The van der Waals surface area contributed by atoms with Crippen molar-refractivity contribution in [3.05, 3.63) is 23.3 Å². The van der Waals surface area contributed by atoms with E-state index in [1.165, 1.54) is 18.3 Å². The number of ether oxygens (including phenoxy) is 1. The van der Waals surface area contributed by atoms with Crippen molar-refractivity contribution in [3.8, 4) is 0 Å². The van der Waals surface area contributed by atoms with Crippen LogP contribution in [0.2, 0.25) is 0 Å². The van der Waals surface area contributed by atoms with E-state index in [-0.39, 0.29) is 16.8 Å². The van der Waals surface area contributed by atoms with Crippen molar-refractivity contribution in [1.29, 1.82) is 0 Å². The average Bonchev–Trinajstić information content (AvgIpc) is 2.33. The van der Waals surface area contributed by atoms with Gasteiger partial charge in [0.25, 0.3) is 0 Å². The summed E-state index contributed by atoms with van der Waals surface area (Å²) in [6.07, 6.45) is 7.02. The van der Waals surface area contributed by atoms with E-state index in [0.717, 1.165) is 12.8 Å². The third-order valence-corrected chi connectivity index (χ3v) is 4.14. The molecule has 0 bridgehead atoms. The first-order chi connectivity index (χ1) is 9.04. The fourth-order valence-corrected chi connectivity index (χ4v) is 2.47. The van der Waals surface area contributed by atoms with Gasteiger partial charge in [0.15, 0.2) is 0 Å². The van der Waals surface area contributed by atoms with Gasteiger partial charge in [-0.1, -0.05) is 64.8 Å². The molecule has 2 nitrogen and oxygen atoms in total. The molecule has 2 heteroatoms. The van der Waals surface area contributed by atoms with Crippen LogP contribution in [0.1, 0.15) is 60.8 Å². The Morgan fingerprint density at radius 3 is 2.30 bits per heavy atom. The fraction of sp³-hybridized carbons (Fsp3) is 0.722. The van der Waals surface area contributed by atoms with Gasteiger partial charge in [-0.3, -0.25) is 4.79 Å². The highest BCUT2D eigenvalue weighted by Gasteiger charge is 2.30. The van der Waals surface area contributed by atoms with Crippen molar-refractivity contribution >= 4 is 5.97 Å². The summed E-state index contributed by atoms with van der Waals surface area (Å²) in [5, 5.41) is 0. The molecule has 0 fully saturated rings. The number of esters is 1. The topological polar surface area (TPSA) is 26.3 Å². The second-order valence-electron chi connectivity index (χ2n) is 7.91. The predicted octanol–water partition coefficient (Wildman–Crippen LogP) is 4.90. The first-order valence-electron chi connectivity index (χ1n) is 7.52. The van der Waals surface area contributed by atoms with Gasteiger partial charge in [0.05, 0.1) is 7.11 Å². The van der Waals surface area contributed by atoms with E-state index in [1.807, 2.05) is 0 Å². The van der Waals surface area contributed by atoms with Gasteiger partial charge >= 0.3 is 5.97 Å². The summed E-state index contributed by atoms with van der Waals surface area (Å²) in [6.45, 7) is 13.7. The van der Waals surface area contributed by atoms with Gasteiger partial charge in [-0.2, -0.15) is 0 Å². The Bertz CT molecular complexity index is 414. The highest BCUT2D eigenvalue weighted by molar-refractivity contribution is 5.69. The zero-order valence-corrected chi connectivity index (χ0v) is 14.2. The lowest BCUT2D eigenvalue weighted by Gasteiger charge is -2.36. The molecule has 114 valence electrons. The van der Waals surface area contributed by atoms with E-state index in [1.54, 1.807) is 0 Å². The number of rotatable bonds is 3. The molecule has 0 aromatic heterocycles. The van der Waals surface area contributed by atoms with E-state index < -0.39 is 0 Å². The minimum atomic E-state index is -0.130. The molecule has 0 spiro atoms. The molecule has 0 N–H and O–H groups in total. The molecule has 20 heavy (non-hydrogen) atoms. The monoisotopic (exact) mass is 278 g/mol. The summed E-state index contributed by atoms with van der Waals surface area (Å²) in [7, 11) is 1.45. The Labute approximate surface area is 124 Å². The molecule has 1 atom stereocenters. The standard InChI is InChI=1S/C18H30O2/c1-17(2,3)14-10-13(8-9-16(19)20-7)11-15(12-14)18(4,5)6/h10-11,14H,8-9,12H2,1-7H3. The summed E-state index contributed by atoms with van der Waals surface area (Å²) < 4.78 is 4.74. The SMILES string of the molecule is COC(=O)CCC1=CC(C(C)(C)C)CC(C(C)(C)C)=C1. The van der Waals surface area contributed by atoms with Crippen molar-refractivity contribution < 1.29 is 9.53 Å². The average molecular weight is 278 g/mol. The van der Waals surface area contributed by atoms with Crippen LogP contribution >= 0.6 is 0 Å². The Morgan fingerprint density at radius 2 is 1.85 bits per heavy atom. The maximum absolute atomic E-state index is 11.3. The summed E-state index contributed by atoms with van der Waals surface area (Å²) >= 11 is 0. The molecule has 0 aliphatic heterocycles. The number of hydrogen-bond acceptors (Lipinski definition) is 2. The first-order valence-corrected chi connectivity index (χ1v) is 7.52. The fourth-order valence-electron chi connectivity index (χ4n) is 2.47. The molecule has 0 saturated heterocycles. The molecule has 0 amide bonds. The van der Waals surface area contributed by atoms with Crippen molar-refractivity contribution in [3.63, 3.8) is 0 Å². The van der Waals surface area contributed by atoms with Gasteiger partial charge in [-0.05, 0) is 29.6 Å². The lowest BCUT2D eigenvalue weighted by Crippen LogP contribution is -2.25. The van der Waals surface area contributed by atoms with Crippen LogP contribution < -0.4 is 0 Å². The molecule has 0 aromatic rings. The highest BCUT2D eigenvalue weighted by atomic mass is 16.5. The second-order valence-corrected chi connectivity index (χ2v) is 7.91. The minimum Gasteiger partial charge on any atom is -0.469 e. The molecule has 0 heterocycles. The summed E-state index contributed by atoms with van der Waals surface area (Å²) in [6, 6.07) is 0. The molecule has 1 rings (SSSR count). The van der Waals surface area contributed by atoms with Crippen LogP contribution in [-0.2, 0) is 9.53 Å². The van der Waals surface area contributed by atoms with Crippen molar-refractivity contribution in [2.45, 2.75) is 60.8 Å². The molecule has 1 aliphatic rings. The minimum absolute atomic E-state index is 0.130. The van der Waals surface area contributed by atoms with Crippen molar-refractivity contribution in [2.75, 3.05) is 7.11 Å². The van der Waals surface area contributed by atoms with E-state index in [0.29, 0.717) is 12.3 Å². The molecule has 0 aromatic carbocycles. The van der Waals surface area contributed by atoms with Gasteiger partial charge in [-0.15, -0.1) is 0 Å². The van der Waals surface area contributed by atoms with E-state index >= 15 is 0 Å². The first kappa shape index (κ1) is 17.0. The van der Waals surface area contributed by atoms with Crippen LogP contribution in [0.5, 0.6) is 0 Å². The number of methoxy groups -OCH3 is 1. The van der Waals surface area contributed by atoms with Gasteiger partial charge in [0.2, 0.25) is 0 Å². The predicted molar refractivity (Wildman–Crippen MR) is 84.4 cm³/mol. The summed E-state index contributed by atoms with van der Waals surface area (Å²) in [5.74, 6) is 0.406. The van der Waals surface area contributed by atoms with Crippen LogP contribution in [0.25, 0.3) is 0 Å². The van der Waals surface area contributed by atoms with Crippen LogP contribution in [0.3, 0.4) is 0 Å². The Morgan fingerprint density at radius 1 is 1.25 bits per heavy atom. The third-order valence-electron chi connectivity index (χ3n) is 4.14. The zero-order chi connectivity index (χ0) is 15.6. The van der Waals surface area contributed by atoms with Crippen molar-refractivity contribution in [1.82, 2.24) is 0 Å². The number of hydrogen-bond donors (Lipinski definition) is 0. The van der Waals surface area contributed by atoms with E-state index in [4.69, 9.17) is 4.74 Å². The van der Waals surface area contributed by atoms with Crippen LogP contribution in [0.15, 0.2) is 23.3 Å². The summed E-state index contributed by atoms with van der Waals surface area (Å²) in [4.78, 5) is 11.3. The lowest BCUT2D eigenvalue weighted by atomic mass is 9.69. The van der Waals surface area contributed by atoms with Crippen LogP contribution in [-0.4, -0.2) is 13.1 Å². The Hall–Kier alpha value is -1.05. The Balaban J connectivity index is 2.94. The Kier molecular flexibility index (Phi) is 5.23. The summed E-state index contributed by atoms with van der Waals surface area (Å²) in [5.41, 5.74) is 3.21. The zero-order valence-electron chi connectivity index (χ0n) is 14.2. The quantitative estimate of drug-likeness (QED) is 0.686. The molecular weight excluding hydrogens is 248 g/mol. The normalized spacial score (nSPS) is 20.2. The number of carbonyl (C=O) groups excluding carboxylic acids is 1. The molecular formula is C18H30O2. The molecule has 1 unspecified atom stereocenters. The van der Waals surface area contributed by atoms with Crippen molar-refractivity contribution in [2.24, 2.45) is 16.7 Å². The third kappa shape index (κ3) is 4.81. The molecule has 0 radical (unpaired) electrons. The maximum atomic E-state index is 11.3.